The number of anilines is 2. The van der Waals surface area contributed by atoms with Crippen LogP contribution in [0, 0.1) is 0 Å². The van der Waals surface area contributed by atoms with E-state index in [0.717, 1.165) is 5.69 Å². The van der Waals surface area contributed by atoms with Gasteiger partial charge in [0.1, 0.15) is 12.9 Å². The summed E-state index contributed by atoms with van der Waals surface area (Å²) in [6.45, 7) is -0.0411. The molecule has 0 atom stereocenters. The van der Waals surface area contributed by atoms with E-state index in [1.807, 2.05) is 13.1 Å². The molecule has 0 spiro atoms. The van der Waals surface area contributed by atoms with Gasteiger partial charge in [-0.1, -0.05) is 12.8 Å². The number of nitrogens with zero attached hydrogens (tertiary/aromatic N) is 5. The number of carbonyl (C=O) groups excluding carboxylic acids is 1. The number of aromatic nitrogens is 4. The van der Waals surface area contributed by atoms with Gasteiger partial charge in [0.2, 0.25) is 5.91 Å². The first-order chi connectivity index (χ1) is 13.1. The predicted octanol–water partition coefficient (Wildman–Crippen LogP) is 1.91. The van der Waals surface area contributed by atoms with Gasteiger partial charge in [-0.15, -0.1) is 0 Å². The van der Waals surface area contributed by atoms with Crippen LogP contribution >= 0.6 is 0 Å². The minimum atomic E-state index is -0.266. The number of nitrogens with one attached hydrogen (secondary N) is 1. The minimum Gasteiger partial charge on any atom is -0.370 e. The fraction of sp³-hybridized carbons (Fsp3) is 0.368. The summed E-state index contributed by atoms with van der Waals surface area (Å²) in [6, 6.07) is 7.38. The zero-order valence-corrected chi connectivity index (χ0v) is 15.2. The van der Waals surface area contributed by atoms with Crippen LogP contribution in [0.15, 0.2) is 47.8 Å². The van der Waals surface area contributed by atoms with E-state index in [9.17, 15) is 9.59 Å². The van der Waals surface area contributed by atoms with Crippen LogP contribution in [-0.2, 0) is 11.3 Å². The summed E-state index contributed by atoms with van der Waals surface area (Å²) in [6.07, 6.45) is 9.73. The van der Waals surface area contributed by atoms with E-state index in [-0.39, 0.29) is 18.0 Å². The van der Waals surface area contributed by atoms with Gasteiger partial charge in [-0.3, -0.25) is 9.59 Å². The molecule has 1 aliphatic rings. The first-order valence-corrected chi connectivity index (χ1v) is 9.13. The summed E-state index contributed by atoms with van der Waals surface area (Å²) in [4.78, 5) is 30.9. The molecule has 4 rings (SSSR count). The van der Waals surface area contributed by atoms with Gasteiger partial charge >= 0.3 is 0 Å². The molecule has 1 amide bonds. The fourth-order valence-corrected chi connectivity index (χ4v) is 3.60. The quantitative estimate of drug-likeness (QED) is 0.746. The Kier molecular flexibility index (Phi) is 4.62. The topological polar surface area (TPSA) is 84.5 Å². The van der Waals surface area contributed by atoms with Crippen molar-refractivity contribution in [3.8, 4) is 0 Å². The molecule has 1 saturated carbocycles. The molecule has 8 nitrogen and oxygen atoms in total. The largest absolute Gasteiger partial charge is 0.370 e. The van der Waals surface area contributed by atoms with E-state index in [1.54, 1.807) is 29.0 Å². The standard InChI is InChI=1S/C19H22N6O2/c1-23(15-4-2-3-5-15)16-7-9-19(27)24(11-16)12-18(26)22-14-6-8-17-20-13-21-25(17)10-14/h6-11,13,15H,2-5,12H2,1H3,(H,22,26). The normalized spacial score (nSPS) is 14.6. The van der Waals surface area contributed by atoms with Gasteiger partial charge in [-0.05, 0) is 31.0 Å². The van der Waals surface area contributed by atoms with Crippen molar-refractivity contribution in [3.05, 3.63) is 53.3 Å². The summed E-state index contributed by atoms with van der Waals surface area (Å²) in [7, 11) is 2.05. The maximum absolute atomic E-state index is 12.4. The van der Waals surface area contributed by atoms with Gasteiger partial charge in [0.05, 0.1) is 17.6 Å². The van der Waals surface area contributed by atoms with Crippen molar-refractivity contribution in [3.63, 3.8) is 0 Å². The monoisotopic (exact) mass is 366 g/mol. The van der Waals surface area contributed by atoms with Gasteiger partial charge in [0.25, 0.3) is 5.56 Å². The molecule has 8 heteroatoms. The van der Waals surface area contributed by atoms with Crippen molar-refractivity contribution in [2.75, 3.05) is 17.3 Å². The second-order valence-electron chi connectivity index (χ2n) is 6.93. The third kappa shape index (κ3) is 3.69. The lowest BCUT2D eigenvalue weighted by Crippen LogP contribution is -2.32. The van der Waals surface area contributed by atoms with E-state index in [0.29, 0.717) is 17.4 Å². The maximum atomic E-state index is 12.4. The summed E-state index contributed by atoms with van der Waals surface area (Å²) in [5, 5.41) is 6.85. The zero-order valence-electron chi connectivity index (χ0n) is 15.2. The number of carbonyl (C=O) groups is 1. The molecule has 0 saturated heterocycles. The fourth-order valence-electron chi connectivity index (χ4n) is 3.60. The van der Waals surface area contributed by atoms with Crippen molar-refractivity contribution in [2.24, 2.45) is 0 Å². The second kappa shape index (κ2) is 7.22. The molecule has 3 aromatic rings. The number of fused-ring (bicyclic) bond motifs is 1. The Labute approximate surface area is 156 Å². The third-order valence-electron chi connectivity index (χ3n) is 5.12. The van der Waals surface area contributed by atoms with Crippen molar-refractivity contribution in [2.45, 2.75) is 38.3 Å². The molecule has 1 aliphatic carbocycles. The first-order valence-electron chi connectivity index (χ1n) is 9.13. The Bertz CT molecular complexity index is 1020. The molecular formula is C19H22N6O2. The van der Waals surface area contributed by atoms with Crippen LogP contribution in [-0.4, -0.2) is 38.2 Å². The van der Waals surface area contributed by atoms with Gasteiger partial charge in [-0.2, -0.15) is 5.10 Å². The van der Waals surface area contributed by atoms with Crippen molar-refractivity contribution in [1.29, 1.82) is 0 Å². The average molecular weight is 366 g/mol. The van der Waals surface area contributed by atoms with E-state index < -0.39 is 0 Å². The highest BCUT2D eigenvalue weighted by molar-refractivity contribution is 5.90. The molecule has 3 heterocycles. The third-order valence-corrected chi connectivity index (χ3v) is 5.12. The lowest BCUT2D eigenvalue weighted by Gasteiger charge is -2.26. The summed E-state index contributed by atoms with van der Waals surface area (Å²) < 4.78 is 3.03. The van der Waals surface area contributed by atoms with Gasteiger partial charge in [0.15, 0.2) is 5.65 Å². The van der Waals surface area contributed by atoms with Gasteiger partial charge < -0.3 is 14.8 Å². The summed E-state index contributed by atoms with van der Waals surface area (Å²) in [5.74, 6) is -0.266. The average Bonchev–Trinajstić information content (AvgIpc) is 3.34. The molecule has 0 bridgehead atoms. The lowest BCUT2D eigenvalue weighted by atomic mass is 10.2. The Morgan fingerprint density at radius 2 is 2.04 bits per heavy atom. The molecule has 0 unspecified atom stereocenters. The van der Waals surface area contributed by atoms with Crippen LogP contribution in [0.2, 0.25) is 0 Å². The zero-order chi connectivity index (χ0) is 18.8. The molecule has 1 fully saturated rings. The molecule has 27 heavy (non-hydrogen) atoms. The van der Waals surface area contributed by atoms with Crippen LogP contribution in [0.25, 0.3) is 5.65 Å². The number of amides is 1. The molecule has 0 radical (unpaired) electrons. The Morgan fingerprint density at radius 3 is 2.85 bits per heavy atom. The smallest absolute Gasteiger partial charge is 0.251 e. The second-order valence-corrected chi connectivity index (χ2v) is 6.93. The van der Waals surface area contributed by atoms with Gasteiger partial charge in [0, 0.05) is 25.4 Å². The molecule has 1 N–H and O–H groups in total. The molecular weight excluding hydrogens is 344 g/mol. The van der Waals surface area contributed by atoms with Crippen LogP contribution in [0.4, 0.5) is 11.4 Å². The number of hydrogen-bond donors (Lipinski definition) is 1. The van der Waals surface area contributed by atoms with Crippen molar-refractivity contribution < 1.29 is 4.79 Å². The van der Waals surface area contributed by atoms with Crippen LogP contribution in [0.1, 0.15) is 25.7 Å². The van der Waals surface area contributed by atoms with E-state index in [1.165, 1.54) is 42.6 Å². The van der Waals surface area contributed by atoms with Crippen molar-refractivity contribution >= 4 is 22.9 Å². The number of hydrogen-bond acceptors (Lipinski definition) is 5. The molecule has 140 valence electrons. The predicted molar refractivity (Wildman–Crippen MR) is 103 cm³/mol. The van der Waals surface area contributed by atoms with E-state index in [4.69, 9.17) is 0 Å². The Hall–Kier alpha value is -3.16. The summed E-state index contributed by atoms with van der Waals surface area (Å²) >= 11 is 0. The molecule has 3 aromatic heterocycles. The highest BCUT2D eigenvalue weighted by Gasteiger charge is 2.20. The van der Waals surface area contributed by atoms with Crippen LogP contribution in [0.5, 0.6) is 0 Å². The molecule has 0 aromatic carbocycles. The SMILES string of the molecule is CN(c1ccc(=O)n(CC(=O)Nc2ccc3ncnn3c2)c1)C1CCCC1. The molecule has 0 aliphatic heterocycles. The maximum Gasteiger partial charge on any atom is 0.251 e. The van der Waals surface area contributed by atoms with E-state index >= 15 is 0 Å². The Balaban J connectivity index is 1.48. The highest BCUT2D eigenvalue weighted by atomic mass is 16.2. The lowest BCUT2D eigenvalue weighted by molar-refractivity contribution is -0.116. The highest BCUT2D eigenvalue weighted by Crippen LogP contribution is 2.26. The van der Waals surface area contributed by atoms with E-state index in [2.05, 4.69) is 20.3 Å². The number of rotatable bonds is 5. The van der Waals surface area contributed by atoms with Crippen LogP contribution < -0.4 is 15.8 Å². The first kappa shape index (κ1) is 17.3. The summed E-state index contributed by atoms with van der Waals surface area (Å²) in [5.41, 5.74) is 2.07. The van der Waals surface area contributed by atoms with Gasteiger partial charge in [-0.25, -0.2) is 9.50 Å². The minimum absolute atomic E-state index is 0.0411. The Morgan fingerprint density at radius 1 is 1.22 bits per heavy atom. The number of pyridine rings is 2. The van der Waals surface area contributed by atoms with Crippen LogP contribution in [0.3, 0.4) is 0 Å². The van der Waals surface area contributed by atoms with Crippen molar-refractivity contribution in [1.82, 2.24) is 19.2 Å².